The molecule has 0 fully saturated rings. The number of ether oxygens (including phenoxy) is 2. The van der Waals surface area contributed by atoms with Gasteiger partial charge in [-0.05, 0) is 42.0 Å². The van der Waals surface area contributed by atoms with E-state index in [0.717, 1.165) is 10.1 Å². The average molecular weight is 427 g/mol. The van der Waals surface area contributed by atoms with Gasteiger partial charge in [-0.25, -0.2) is 9.36 Å². The molecule has 0 spiro atoms. The van der Waals surface area contributed by atoms with Crippen LogP contribution in [-0.4, -0.2) is 27.2 Å². The lowest BCUT2D eigenvalue weighted by atomic mass is 9.99. The second kappa shape index (κ2) is 6.96. The van der Waals surface area contributed by atoms with Crippen LogP contribution >= 0.6 is 11.6 Å². The fourth-order valence-electron chi connectivity index (χ4n) is 3.54. The van der Waals surface area contributed by atoms with Gasteiger partial charge >= 0.3 is 5.69 Å². The first-order valence-electron chi connectivity index (χ1n) is 9.07. The molecule has 1 aromatic heterocycles. The topological polar surface area (TPSA) is 118 Å². The Labute approximate surface area is 174 Å². The van der Waals surface area contributed by atoms with Crippen LogP contribution in [0.25, 0.3) is 5.69 Å². The van der Waals surface area contributed by atoms with Crippen molar-refractivity contribution in [2.45, 2.75) is 12.5 Å². The van der Waals surface area contributed by atoms with Crippen molar-refractivity contribution in [3.63, 3.8) is 0 Å². The van der Waals surface area contributed by atoms with Gasteiger partial charge in [0.25, 0.3) is 5.56 Å². The van der Waals surface area contributed by atoms with Crippen LogP contribution in [0.15, 0.2) is 57.2 Å². The number of benzene rings is 2. The maximum atomic E-state index is 12.5. The van der Waals surface area contributed by atoms with E-state index in [1.165, 1.54) is 0 Å². The summed E-state index contributed by atoms with van der Waals surface area (Å²) in [5.74, 6) is 0.819. The molecule has 1 unspecified atom stereocenters. The minimum atomic E-state index is -0.762. The molecule has 3 N–H and O–H groups in total. The number of rotatable bonds is 3. The maximum absolute atomic E-state index is 12.5. The van der Waals surface area contributed by atoms with Crippen LogP contribution in [0.4, 0.5) is 0 Å². The molecule has 0 radical (unpaired) electrons. The molecule has 0 bridgehead atoms. The average Bonchev–Trinajstić information content (AvgIpc) is 3.38. The molecule has 0 saturated heterocycles. The fraction of sp³-hybridized carbons (Fsp3) is 0.150. The first kappa shape index (κ1) is 18.3. The summed E-state index contributed by atoms with van der Waals surface area (Å²) in [4.78, 5) is 27.1. The highest BCUT2D eigenvalue weighted by atomic mass is 35.5. The highest BCUT2D eigenvalue weighted by Gasteiger charge is 2.28. The molecule has 2 aliphatic rings. The summed E-state index contributed by atoms with van der Waals surface area (Å²) in [6, 6.07) is 11.6. The SMILES string of the molecule is O=c1[nH]c(=O)n(-c2ccc(Cl)cc2)c(O)c1C1=NNC(c2ccc3c(c2)OCO3)C1. The smallest absolute Gasteiger partial charge is 0.335 e. The van der Waals surface area contributed by atoms with Crippen LogP contribution in [0, 0.1) is 0 Å². The number of hydrazone groups is 1. The third-order valence-corrected chi connectivity index (χ3v) is 5.26. The normalized spacial score (nSPS) is 17.0. The van der Waals surface area contributed by atoms with Crippen LogP contribution in [0.2, 0.25) is 5.02 Å². The summed E-state index contributed by atoms with van der Waals surface area (Å²) in [7, 11) is 0. The van der Waals surface area contributed by atoms with Crippen LogP contribution in [-0.2, 0) is 0 Å². The van der Waals surface area contributed by atoms with Crippen molar-refractivity contribution in [2.24, 2.45) is 5.10 Å². The zero-order valence-electron chi connectivity index (χ0n) is 15.4. The number of fused-ring (bicyclic) bond motifs is 1. The zero-order chi connectivity index (χ0) is 20.8. The number of aromatic amines is 1. The summed E-state index contributed by atoms with van der Waals surface area (Å²) in [5.41, 5.74) is 3.01. The van der Waals surface area contributed by atoms with Crippen LogP contribution in [0.1, 0.15) is 23.6 Å². The van der Waals surface area contributed by atoms with E-state index in [0.29, 0.717) is 34.3 Å². The zero-order valence-corrected chi connectivity index (χ0v) is 16.1. The van der Waals surface area contributed by atoms with Crippen molar-refractivity contribution in [3.05, 3.63) is 79.5 Å². The highest BCUT2D eigenvalue weighted by molar-refractivity contribution is 6.30. The molecular weight excluding hydrogens is 412 g/mol. The minimum Gasteiger partial charge on any atom is -0.493 e. The van der Waals surface area contributed by atoms with Crippen molar-refractivity contribution in [1.29, 1.82) is 0 Å². The first-order valence-corrected chi connectivity index (χ1v) is 9.45. The lowest BCUT2D eigenvalue weighted by Gasteiger charge is -2.12. The molecule has 9 nitrogen and oxygen atoms in total. The van der Waals surface area contributed by atoms with E-state index < -0.39 is 17.1 Å². The Balaban J connectivity index is 1.50. The summed E-state index contributed by atoms with van der Waals surface area (Å²) < 4.78 is 11.7. The summed E-state index contributed by atoms with van der Waals surface area (Å²) >= 11 is 5.90. The van der Waals surface area contributed by atoms with E-state index in [4.69, 9.17) is 21.1 Å². The number of hydrogen-bond donors (Lipinski definition) is 3. The molecule has 10 heteroatoms. The Morgan fingerprint density at radius 2 is 1.87 bits per heavy atom. The third kappa shape index (κ3) is 3.00. The highest BCUT2D eigenvalue weighted by Crippen LogP contribution is 2.36. The lowest BCUT2D eigenvalue weighted by molar-refractivity contribution is 0.174. The number of H-pyrrole nitrogens is 1. The molecule has 152 valence electrons. The Kier molecular flexibility index (Phi) is 4.25. The Morgan fingerprint density at radius 1 is 1.10 bits per heavy atom. The molecule has 0 aliphatic carbocycles. The molecule has 0 amide bonds. The van der Waals surface area contributed by atoms with Gasteiger partial charge in [0.1, 0.15) is 5.56 Å². The fourth-order valence-corrected chi connectivity index (χ4v) is 3.66. The second-order valence-electron chi connectivity index (χ2n) is 6.83. The van der Waals surface area contributed by atoms with E-state index in [9.17, 15) is 14.7 Å². The number of hydrogen-bond acceptors (Lipinski definition) is 7. The van der Waals surface area contributed by atoms with E-state index in [1.807, 2.05) is 18.2 Å². The number of aromatic hydroxyl groups is 1. The molecule has 3 heterocycles. The minimum absolute atomic E-state index is 0.0692. The molecule has 1 atom stereocenters. The molecule has 0 saturated carbocycles. The molecule has 5 rings (SSSR count). The van der Waals surface area contributed by atoms with Gasteiger partial charge in [0, 0.05) is 11.4 Å². The van der Waals surface area contributed by atoms with Gasteiger partial charge in [0.05, 0.1) is 17.4 Å². The standard InChI is InChI=1S/C20H15ClN4O5/c21-11-2-4-12(5-3-11)25-19(27)17(18(26)22-20(25)28)14-8-13(23-24-14)10-1-6-15-16(7-10)30-9-29-15/h1-7,13,23,27H,8-9H2,(H,22,26,28). The summed E-state index contributed by atoms with van der Waals surface area (Å²) in [6.45, 7) is 0.175. The number of nitrogens with zero attached hydrogens (tertiary/aromatic N) is 2. The number of aromatic nitrogens is 2. The lowest BCUT2D eigenvalue weighted by Crippen LogP contribution is -2.33. The van der Waals surface area contributed by atoms with Crippen molar-refractivity contribution in [2.75, 3.05) is 6.79 Å². The van der Waals surface area contributed by atoms with Gasteiger partial charge < -0.3 is 20.0 Å². The van der Waals surface area contributed by atoms with E-state index in [2.05, 4.69) is 15.5 Å². The van der Waals surface area contributed by atoms with Crippen LogP contribution in [0.3, 0.4) is 0 Å². The van der Waals surface area contributed by atoms with Crippen LogP contribution < -0.4 is 26.1 Å². The maximum Gasteiger partial charge on any atom is 0.335 e. The van der Waals surface area contributed by atoms with Crippen LogP contribution in [0.5, 0.6) is 17.4 Å². The molecular formula is C20H15ClN4O5. The molecule has 3 aromatic rings. The van der Waals surface area contributed by atoms with Gasteiger partial charge in [-0.2, -0.15) is 5.10 Å². The Morgan fingerprint density at radius 3 is 2.67 bits per heavy atom. The quantitative estimate of drug-likeness (QED) is 0.590. The van der Waals surface area contributed by atoms with E-state index in [1.54, 1.807) is 24.3 Å². The van der Waals surface area contributed by atoms with Gasteiger partial charge in [0.15, 0.2) is 11.5 Å². The molecule has 30 heavy (non-hydrogen) atoms. The van der Waals surface area contributed by atoms with Crippen molar-refractivity contribution in [3.8, 4) is 23.1 Å². The largest absolute Gasteiger partial charge is 0.493 e. The predicted octanol–water partition coefficient (Wildman–Crippen LogP) is 2.05. The number of halogens is 1. The molecule has 2 aliphatic heterocycles. The predicted molar refractivity (Wildman–Crippen MR) is 109 cm³/mol. The third-order valence-electron chi connectivity index (χ3n) is 5.01. The van der Waals surface area contributed by atoms with Crippen molar-refractivity contribution < 1.29 is 14.6 Å². The van der Waals surface area contributed by atoms with Gasteiger partial charge in [-0.1, -0.05) is 17.7 Å². The monoisotopic (exact) mass is 426 g/mol. The Hall–Kier alpha value is -3.72. The first-order chi connectivity index (χ1) is 14.5. The van der Waals surface area contributed by atoms with Gasteiger partial charge in [-0.15, -0.1) is 0 Å². The van der Waals surface area contributed by atoms with E-state index >= 15 is 0 Å². The Bertz CT molecular complexity index is 1300. The van der Waals surface area contributed by atoms with Gasteiger partial charge in [0.2, 0.25) is 12.7 Å². The second-order valence-corrected chi connectivity index (χ2v) is 7.26. The van der Waals surface area contributed by atoms with Gasteiger partial charge in [-0.3, -0.25) is 9.78 Å². The number of nitrogens with one attached hydrogen (secondary N) is 2. The van der Waals surface area contributed by atoms with E-state index in [-0.39, 0.29) is 18.4 Å². The van der Waals surface area contributed by atoms with Crippen molar-refractivity contribution in [1.82, 2.24) is 15.0 Å². The molecule has 2 aromatic carbocycles. The summed E-state index contributed by atoms with van der Waals surface area (Å²) in [5, 5.41) is 15.5. The van der Waals surface area contributed by atoms with Crippen molar-refractivity contribution >= 4 is 17.3 Å². The summed E-state index contributed by atoms with van der Waals surface area (Å²) in [6.07, 6.45) is 0.328.